The van der Waals surface area contributed by atoms with Crippen molar-refractivity contribution in [1.82, 2.24) is 4.90 Å². The second kappa shape index (κ2) is 4.99. The molecule has 1 atom stereocenters. The standard InChI is InChI=1S/C16H21NO2S/c1-16(2,3)19-15(18)17-8-7-11-5-4-6-13-14(11)12(9-17)10-20-13/h4-6,12H,7-10H2,1-3H3. The Labute approximate surface area is 124 Å². The molecule has 1 aromatic rings. The van der Waals surface area contributed by atoms with Gasteiger partial charge >= 0.3 is 6.09 Å². The van der Waals surface area contributed by atoms with E-state index in [1.54, 1.807) is 0 Å². The van der Waals surface area contributed by atoms with Gasteiger partial charge in [0.1, 0.15) is 5.60 Å². The summed E-state index contributed by atoms with van der Waals surface area (Å²) in [5.41, 5.74) is 2.46. The van der Waals surface area contributed by atoms with Crippen LogP contribution in [0.25, 0.3) is 0 Å². The quantitative estimate of drug-likeness (QED) is 0.730. The minimum Gasteiger partial charge on any atom is -0.444 e. The van der Waals surface area contributed by atoms with Gasteiger partial charge in [0.15, 0.2) is 0 Å². The van der Waals surface area contributed by atoms with E-state index in [1.165, 1.54) is 16.0 Å². The number of carbonyl (C=O) groups excluding carboxylic acids is 1. The van der Waals surface area contributed by atoms with E-state index in [0.717, 1.165) is 25.3 Å². The molecule has 1 unspecified atom stereocenters. The van der Waals surface area contributed by atoms with Crippen LogP contribution in [0.2, 0.25) is 0 Å². The van der Waals surface area contributed by atoms with E-state index in [1.807, 2.05) is 37.4 Å². The maximum atomic E-state index is 12.3. The van der Waals surface area contributed by atoms with Gasteiger partial charge in [-0.3, -0.25) is 0 Å². The minimum absolute atomic E-state index is 0.177. The fourth-order valence-electron chi connectivity index (χ4n) is 2.92. The van der Waals surface area contributed by atoms with Crippen molar-refractivity contribution in [2.75, 3.05) is 18.8 Å². The van der Waals surface area contributed by atoms with E-state index in [9.17, 15) is 4.79 Å². The normalized spacial score (nSPS) is 21.4. The van der Waals surface area contributed by atoms with Gasteiger partial charge in [-0.15, -0.1) is 11.8 Å². The monoisotopic (exact) mass is 291 g/mol. The Morgan fingerprint density at radius 2 is 2.20 bits per heavy atom. The van der Waals surface area contributed by atoms with Crippen molar-refractivity contribution in [2.45, 2.75) is 43.6 Å². The molecular formula is C16H21NO2S. The van der Waals surface area contributed by atoms with E-state index < -0.39 is 5.60 Å². The van der Waals surface area contributed by atoms with Crippen molar-refractivity contribution in [1.29, 1.82) is 0 Å². The first kappa shape index (κ1) is 13.8. The predicted molar refractivity (Wildman–Crippen MR) is 81.4 cm³/mol. The van der Waals surface area contributed by atoms with E-state index in [2.05, 4.69) is 18.2 Å². The van der Waals surface area contributed by atoms with Crippen LogP contribution in [0, 0.1) is 0 Å². The zero-order valence-electron chi connectivity index (χ0n) is 12.3. The number of rotatable bonds is 0. The van der Waals surface area contributed by atoms with E-state index in [0.29, 0.717) is 5.92 Å². The molecule has 1 amide bonds. The Hall–Kier alpha value is -1.16. The average molecular weight is 291 g/mol. The van der Waals surface area contributed by atoms with Crippen LogP contribution in [0.4, 0.5) is 4.79 Å². The first-order valence-electron chi connectivity index (χ1n) is 7.16. The second-order valence-electron chi connectivity index (χ2n) is 6.51. The first-order chi connectivity index (χ1) is 9.44. The highest BCUT2D eigenvalue weighted by Crippen LogP contribution is 2.43. The molecule has 20 heavy (non-hydrogen) atoms. The number of hydrogen-bond donors (Lipinski definition) is 0. The fourth-order valence-corrected chi connectivity index (χ4v) is 4.20. The maximum absolute atomic E-state index is 12.3. The lowest BCUT2D eigenvalue weighted by molar-refractivity contribution is 0.0249. The Morgan fingerprint density at radius 3 is 2.95 bits per heavy atom. The SMILES string of the molecule is CC(C)(C)OC(=O)N1CCc2cccc3c2C(CS3)C1. The van der Waals surface area contributed by atoms with Crippen molar-refractivity contribution >= 4 is 17.9 Å². The van der Waals surface area contributed by atoms with Crippen LogP contribution in [0.3, 0.4) is 0 Å². The highest BCUT2D eigenvalue weighted by Gasteiger charge is 2.33. The lowest BCUT2D eigenvalue weighted by Crippen LogP contribution is -2.39. The summed E-state index contributed by atoms with van der Waals surface area (Å²) in [6, 6.07) is 6.54. The number of hydrogen-bond acceptors (Lipinski definition) is 3. The van der Waals surface area contributed by atoms with Crippen LogP contribution in [0.15, 0.2) is 23.1 Å². The van der Waals surface area contributed by atoms with Gasteiger partial charge in [0, 0.05) is 29.7 Å². The molecule has 0 aromatic heterocycles. The summed E-state index contributed by atoms with van der Waals surface area (Å²) < 4.78 is 5.52. The van der Waals surface area contributed by atoms with Gasteiger partial charge < -0.3 is 9.64 Å². The summed E-state index contributed by atoms with van der Waals surface area (Å²) >= 11 is 1.91. The van der Waals surface area contributed by atoms with Crippen molar-refractivity contribution in [3.8, 4) is 0 Å². The number of amides is 1. The Balaban J connectivity index is 1.80. The van der Waals surface area contributed by atoms with Crippen molar-refractivity contribution < 1.29 is 9.53 Å². The predicted octanol–water partition coefficient (Wildman–Crippen LogP) is 3.67. The molecule has 3 rings (SSSR count). The molecular weight excluding hydrogens is 270 g/mol. The summed E-state index contributed by atoms with van der Waals surface area (Å²) in [7, 11) is 0. The van der Waals surface area contributed by atoms with Crippen LogP contribution < -0.4 is 0 Å². The van der Waals surface area contributed by atoms with Crippen LogP contribution in [0.1, 0.15) is 37.8 Å². The first-order valence-corrected chi connectivity index (χ1v) is 8.15. The molecule has 3 nitrogen and oxygen atoms in total. The highest BCUT2D eigenvalue weighted by molar-refractivity contribution is 7.99. The van der Waals surface area contributed by atoms with Gasteiger partial charge in [0.05, 0.1) is 0 Å². The third kappa shape index (κ3) is 2.66. The largest absolute Gasteiger partial charge is 0.444 e. The zero-order chi connectivity index (χ0) is 14.3. The van der Waals surface area contributed by atoms with E-state index in [-0.39, 0.29) is 6.09 Å². The topological polar surface area (TPSA) is 29.5 Å². The van der Waals surface area contributed by atoms with Crippen LogP contribution in [-0.2, 0) is 11.2 Å². The molecule has 0 saturated heterocycles. The molecule has 1 aromatic carbocycles. The molecule has 108 valence electrons. The smallest absolute Gasteiger partial charge is 0.410 e. The highest BCUT2D eigenvalue weighted by atomic mass is 32.2. The molecule has 2 aliphatic rings. The molecule has 2 heterocycles. The number of nitrogens with zero attached hydrogens (tertiary/aromatic N) is 1. The molecule has 0 bridgehead atoms. The summed E-state index contributed by atoms with van der Waals surface area (Å²) in [4.78, 5) is 15.6. The lowest BCUT2D eigenvalue weighted by Gasteiger charge is -2.27. The summed E-state index contributed by atoms with van der Waals surface area (Å²) in [6.07, 6.45) is 0.753. The maximum Gasteiger partial charge on any atom is 0.410 e. The Morgan fingerprint density at radius 1 is 1.40 bits per heavy atom. The average Bonchev–Trinajstić information content (AvgIpc) is 2.65. The fraction of sp³-hybridized carbons (Fsp3) is 0.562. The summed E-state index contributed by atoms with van der Waals surface area (Å²) in [5, 5.41) is 0. The van der Waals surface area contributed by atoms with Crippen LogP contribution in [0.5, 0.6) is 0 Å². The van der Waals surface area contributed by atoms with Crippen LogP contribution >= 0.6 is 11.8 Å². The Kier molecular flexibility index (Phi) is 3.44. The molecule has 0 N–H and O–H groups in total. The molecule has 0 radical (unpaired) electrons. The van der Waals surface area contributed by atoms with Crippen molar-refractivity contribution in [3.63, 3.8) is 0 Å². The van der Waals surface area contributed by atoms with Gasteiger partial charge in [-0.25, -0.2) is 4.79 Å². The molecule has 4 heteroatoms. The number of carbonyl (C=O) groups is 1. The summed E-state index contributed by atoms with van der Waals surface area (Å²) in [6.45, 7) is 7.29. The number of thioether (sulfide) groups is 1. The number of benzene rings is 1. The van der Waals surface area contributed by atoms with Gasteiger partial charge in [0.25, 0.3) is 0 Å². The summed E-state index contributed by atoms with van der Waals surface area (Å²) in [5.74, 6) is 1.53. The van der Waals surface area contributed by atoms with Crippen molar-refractivity contribution in [3.05, 3.63) is 29.3 Å². The van der Waals surface area contributed by atoms with Gasteiger partial charge in [-0.2, -0.15) is 0 Å². The molecule has 2 aliphatic heterocycles. The molecule has 0 saturated carbocycles. The Bertz CT molecular complexity index is 536. The van der Waals surface area contributed by atoms with Gasteiger partial charge in [-0.1, -0.05) is 12.1 Å². The zero-order valence-corrected chi connectivity index (χ0v) is 13.1. The molecule has 0 aliphatic carbocycles. The van der Waals surface area contributed by atoms with Crippen molar-refractivity contribution in [2.24, 2.45) is 0 Å². The number of ether oxygens (including phenoxy) is 1. The lowest BCUT2D eigenvalue weighted by atomic mass is 9.96. The van der Waals surface area contributed by atoms with E-state index >= 15 is 0 Å². The second-order valence-corrected chi connectivity index (χ2v) is 7.58. The third-order valence-corrected chi connectivity index (χ3v) is 4.98. The van der Waals surface area contributed by atoms with Gasteiger partial charge in [0.2, 0.25) is 0 Å². The molecule has 0 spiro atoms. The molecule has 0 fully saturated rings. The van der Waals surface area contributed by atoms with E-state index in [4.69, 9.17) is 4.74 Å². The van der Waals surface area contributed by atoms with Crippen LogP contribution in [-0.4, -0.2) is 35.4 Å². The minimum atomic E-state index is -0.425. The van der Waals surface area contributed by atoms with Gasteiger partial charge in [-0.05, 0) is 44.4 Å². The third-order valence-electron chi connectivity index (χ3n) is 3.75.